The molecule has 1 amide bonds. The molecule has 1 atom stereocenters. The quantitative estimate of drug-likeness (QED) is 0.411. The molecule has 0 bridgehead atoms. The molecule has 5 heteroatoms. The number of carbonyl (C=O) groups excluding carboxylic acids is 2. The van der Waals surface area contributed by atoms with E-state index in [1.807, 2.05) is 6.92 Å². The van der Waals surface area contributed by atoms with Crippen LogP contribution in [0.1, 0.15) is 6.92 Å². The van der Waals surface area contributed by atoms with Crippen LogP contribution < -0.4 is 10.6 Å². The summed E-state index contributed by atoms with van der Waals surface area (Å²) in [6.07, 6.45) is 1.14. The number of methoxy groups -OCH3 is 1. The molecule has 2 N–H and O–H groups in total. The van der Waals surface area contributed by atoms with E-state index >= 15 is 0 Å². The van der Waals surface area contributed by atoms with Crippen LogP contribution in [0, 0.1) is 0 Å². The lowest BCUT2D eigenvalue weighted by Gasteiger charge is -2.23. The summed E-state index contributed by atoms with van der Waals surface area (Å²) in [6.45, 7) is 2.47. The van der Waals surface area contributed by atoms with Crippen molar-refractivity contribution in [3.8, 4) is 0 Å². The summed E-state index contributed by atoms with van der Waals surface area (Å²) >= 11 is 0. The maximum absolute atomic E-state index is 11.1. The smallest absolute Gasteiger partial charge is 0.332 e. The van der Waals surface area contributed by atoms with Crippen molar-refractivity contribution in [2.24, 2.45) is 0 Å². The van der Waals surface area contributed by atoms with Gasteiger partial charge in [0.1, 0.15) is 5.70 Å². The third kappa shape index (κ3) is 2.47. The molecule has 1 heterocycles. The summed E-state index contributed by atoms with van der Waals surface area (Å²) in [5.41, 5.74) is 0.255. The zero-order chi connectivity index (χ0) is 9.84. The minimum Gasteiger partial charge on any atom is -0.466 e. The van der Waals surface area contributed by atoms with Crippen LogP contribution in [0.5, 0.6) is 0 Å². The fourth-order valence-corrected chi connectivity index (χ4v) is 1.01. The zero-order valence-corrected chi connectivity index (χ0v) is 7.59. The van der Waals surface area contributed by atoms with Gasteiger partial charge in [-0.3, -0.25) is 4.79 Å². The van der Waals surface area contributed by atoms with Gasteiger partial charge in [0.2, 0.25) is 0 Å². The van der Waals surface area contributed by atoms with E-state index in [4.69, 9.17) is 0 Å². The first-order valence-corrected chi connectivity index (χ1v) is 3.98. The molecule has 0 aromatic rings. The standard InChI is InChI=1S/C8H12N2O3/c1-5-4-9-8(12)6(10-5)3-7(11)13-2/h3,5,10H,4H2,1-2H3,(H,9,12)/b6-3+. The molecule has 0 spiro atoms. The highest BCUT2D eigenvalue weighted by molar-refractivity contribution is 5.99. The van der Waals surface area contributed by atoms with Gasteiger partial charge in [0, 0.05) is 12.6 Å². The minimum atomic E-state index is -0.535. The summed E-state index contributed by atoms with van der Waals surface area (Å²) in [7, 11) is 1.27. The number of amides is 1. The third-order valence-corrected chi connectivity index (χ3v) is 1.68. The Hall–Kier alpha value is -1.52. The largest absolute Gasteiger partial charge is 0.466 e. The fourth-order valence-electron chi connectivity index (χ4n) is 1.01. The summed E-state index contributed by atoms with van der Waals surface area (Å²) < 4.78 is 4.40. The fraction of sp³-hybridized carbons (Fsp3) is 0.500. The van der Waals surface area contributed by atoms with Crippen molar-refractivity contribution >= 4 is 11.9 Å². The number of piperazine rings is 1. The van der Waals surface area contributed by atoms with Gasteiger partial charge in [0.25, 0.3) is 5.91 Å². The first-order valence-electron chi connectivity index (χ1n) is 3.98. The van der Waals surface area contributed by atoms with E-state index in [0.717, 1.165) is 6.08 Å². The van der Waals surface area contributed by atoms with Crippen LogP contribution in [0.4, 0.5) is 0 Å². The molecule has 72 valence electrons. The highest BCUT2D eigenvalue weighted by Gasteiger charge is 2.19. The van der Waals surface area contributed by atoms with Crippen LogP contribution in [0.3, 0.4) is 0 Å². The molecular weight excluding hydrogens is 172 g/mol. The highest BCUT2D eigenvalue weighted by Crippen LogP contribution is 1.99. The summed E-state index contributed by atoms with van der Waals surface area (Å²) in [5, 5.41) is 5.51. The predicted octanol–water partition coefficient (Wildman–Crippen LogP) is -0.849. The van der Waals surface area contributed by atoms with Crippen LogP contribution >= 0.6 is 0 Å². The van der Waals surface area contributed by atoms with E-state index < -0.39 is 5.97 Å². The average Bonchev–Trinajstić information content (AvgIpc) is 2.11. The molecule has 1 unspecified atom stereocenters. The van der Waals surface area contributed by atoms with Crippen molar-refractivity contribution in [1.29, 1.82) is 0 Å². The lowest BCUT2D eigenvalue weighted by Crippen LogP contribution is -2.48. The Morgan fingerprint density at radius 3 is 3.00 bits per heavy atom. The number of esters is 1. The molecule has 1 fully saturated rings. The first kappa shape index (κ1) is 9.57. The first-order chi connectivity index (χ1) is 6.13. The molecule has 0 aromatic heterocycles. The number of hydrogen-bond acceptors (Lipinski definition) is 4. The summed E-state index contributed by atoms with van der Waals surface area (Å²) in [4.78, 5) is 22.0. The second kappa shape index (κ2) is 3.93. The summed E-state index contributed by atoms with van der Waals surface area (Å²) in [6, 6.07) is 0.133. The van der Waals surface area contributed by atoms with Crippen LogP contribution in [-0.4, -0.2) is 31.6 Å². The van der Waals surface area contributed by atoms with Crippen molar-refractivity contribution in [2.45, 2.75) is 13.0 Å². The number of ether oxygens (including phenoxy) is 1. The van der Waals surface area contributed by atoms with E-state index in [2.05, 4.69) is 15.4 Å². The van der Waals surface area contributed by atoms with Crippen molar-refractivity contribution in [2.75, 3.05) is 13.7 Å². The van der Waals surface area contributed by atoms with Crippen LogP contribution in [-0.2, 0) is 14.3 Å². The molecule has 0 aromatic carbocycles. The van der Waals surface area contributed by atoms with Gasteiger partial charge in [-0.1, -0.05) is 0 Å². The maximum atomic E-state index is 11.1. The molecule has 1 aliphatic heterocycles. The lowest BCUT2D eigenvalue weighted by atomic mass is 10.2. The van der Waals surface area contributed by atoms with Gasteiger partial charge in [-0.05, 0) is 6.92 Å². The Balaban J connectivity index is 2.70. The molecule has 1 aliphatic rings. The molecule has 0 aliphatic carbocycles. The van der Waals surface area contributed by atoms with Gasteiger partial charge in [0.15, 0.2) is 0 Å². The number of hydrogen-bond donors (Lipinski definition) is 2. The number of nitrogens with one attached hydrogen (secondary N) is 2. The van der Waals surface area contributed by atoms with Gasteiger partial charge in [0.05, 0.1) is 13.2 Å². The minimum absolute atomic E-state index is 0.133. The average molecular weight is 184 g/mol. The third-order valence-electron chi connectivity index (χ3n) is 1.68. The van der Waals surface area contributed by atoms with Crippen molar-refractivity contribution in [3.05, 3.63) is 11.8 Å². The van der Waals surface area contributed by atoms with Crippen LogP contribution in [0.2, 0.25) is 0 Å². The zero-order valence-electron chi connectivity index (χ0n) is 7.59. The molecule has 13 heavy (non-hydrogen) atoms. The Morgan fingerprint density at radius 1 is 1.69 bits per heavy atom. The van der Waals surface area contributed by atoms with E-state index in [1.165, 1.54) is 7.11 Å². The Morgan fingerprint density at radius 2 is 2.38 bits per heavy atom. The topological polar surface area (TPSA) is 67.4 Å². The molecule has 1 rings (SSSR count). The van der Waals surface area contributed by atoms with Crippen LogP contribution in [0.15, 0.2) is 11.8 Å². The van der Waals surface area contributed by atoms with E-state index in [-0.39, 0.29) is 17.6 Å². The normalized spacial score (nSPS) is 24.9. The van der Waals surface area contributed by atoms with Gasteiger partial charge >= 0.3 is 5.97 Å². The lowest BCUT2D eigenvalue weighted by molar-refractivity contribution is -0.135. The van der Waals surface area contributed by atoms with Crippen molar-refractivity contribution < 1.29 is 14.3 Å². The SMILES string of the molecule is COC(=O)/C=C1/NC(C)CNC1=O. The van der Waals surface area contributed by atoms with Crippen LogP contribution in [0.25, 0.3) is 0 Å². The molecular formula is C8H12N2O3. The van der Waals surface area contributed by atoms with E-state index in [0.29, 0.717) is 6.54 Å². The Bertz CT molecular complexity index is 260. The Labute approximate surface area is 76.1 Å². The van der Waals surface area contributed by atoms with Gasteiger partial charge < -0.3 is 15.4 Å². The molecule has 5 nitrogen and oxygen atoms in total. The molecule has 1 saturated heterocycles. The van der Waals surface area contributed by atoms with Gasteiger partial charge in [-0.15, -0.1) is 0 Å². The van der Waals surface area contributed by atoms with E-state index in [9.17, 15) is 9.59 Å². The van der Waals surface area contributed by atoms with E-state index in [1.54, 1.807) is 0 Å². The second-order valence-corrected chi connectivity index (χ2v) is 2.84. The number of rotatable bonds is 1. The van der Waals surface area contributed by atoms with Crippen molar-refractivity contribution in [1.82, 2.24) is 10.6 Å². The highest BCUT2D eigenvalue weighted by atomic mass is 16.5. The van der Waals surface area contributed by atoms with Gasteiger partial charge in [-0.25, -0.2) is 4.79 Å². The van der Waals surface area contributed by atoms with Gasteiger partial charge in [-0.2, -0.15) is 0 Å². The summed E-state index contributed by atoms with van der Waals surface area (Å²) in [5.74, 6) is -0.810. The second-order valence-electron chi connectivity index (χ2n) is 2.84. The predicted molar refractivity (Wildman–Crippen MR) is 45.7 cm³/mol. The maximum Gasteiger partial charge on any atom is 0.332 e. The molecule has 0 radical (unpaired) electrons. The monoisotopic (exact) mass is 184 g/mol. The molecule has 0 saturated carbocycles. The Kier molecular flexibility index (Phi) is 2.89. The van der Waals surface area contributed by atoms with Crippen molar-refractivity contribution in [3.63, 3.8) is 0 Å². The number of carbonyl (C=O) groups is 2.